The van der Waals surface area contributed by atoms with Crippen molar-refractivity contribution in [2.24, 2.45) is 5.92 Å². The zero-order valence-corrected chi connectivity index (χ0v) is 42.3. The molecular weight excluding hydrogens is 788 g/mol. The first kappa shape index (κ1) is 45.5. The Morgan fingerprint density at radius 3 is 1.34 bits per heavy atom. The van der Waals surface area contributed by atoms with Crippen molar-refractivity contribution in [3.8, 4) is 0 Å². The Bertz CT molecular complexity index is 1930. The number of hydrogen-bond donors (Lipinski definition) is 0. The van der Waals surface area contributed by atoms with Crippen LogP contribution in [0.1, 0.15) is 156 Å². The van der Waals surface area contributed by atoms with E-state index >= 15 is 0 Å². The summed E-state index contributed by atoms with van der Waals surface area (Å²) < 4.78 is 0. The van der Waals surface area contributed by atoms with Crippen LogP contribution in [0.2, 0.25) is 0 Å². The topological polar surface area (TPSA) is 25.8 Å². The first-order valence-corrected chi connectivity index (χ1v) is 29.0. The van der Waals surface area contributed by atoms with Crippen LogP contribution >= 0.6 is 31.7 Å². The Morgan fingerprint density at radius 2 is 0.864 bits per heavy atom. The van der Waals surface area contributed by atoms with Gasteiger partial charge in [0, 0.05) is 26.5 Å². The van der Waals surface area contributed by atoms with Crippen LogP contribution in [0.4, 0.5) is 0 Å². The van der Waals surface area contributed by atoms with Crippen molar-refractivity contribution in [1.82, 2.24) is 9.97 Å². The average Bonchev–Trinajstić information content (AvgIpc) is 3.16. The molecule has 3 aliphatic heterocycles. The summed E-state index contributed by atoms with van der Waals surface area (Å²) in [6.45, 7) is 29.1. The van der Waals surface area contributed by atoms with Crippen LogP contribution in [0.15, 0.2) is 97.3 Å². The molecule has 2 aromatic carbocycles. The third-order valence-electron chi connectivity index (χ3n) is 15.1. The van der Waals surface area contributed by atoms with E-state index in [-0.39, 0.29) is 23.8 Å². The minimum absolute atomic E-state index is 0.104. The fraction of sp³-hybridized carbons (Fsp3) is 0.585. The molecule has 3 saturated heterocycles. The van der Waals surface area contributed by atoms with Gasteiger partial charge in [0.15, 0.2) is 0 Å². The van der Waals surface area contributed by atoms with Crippen molar-refractivity contribution in [2.45, 2.75) is 190 Å². The molecule has 2 nitrogen and oxygen atoms in total. The van der Waals surface area contributed by atoms with Gasteiger partial charge < -0.3 is 0 Å². The molecule has 0 bridgehead atoms. The highest BCUT2D eigenvalue weighted by molar-refractivity contribution is 7.71. The first-order chi connectivity index (χ1) is 27.8. The third-order valence-corrected chi connectivity index (χ3v) is 29.4. The van der Waals surface area contributed by atoms with Crippen molar-refractivity contribution in [2.75, 3.05) is 0 Å². The van der Waals surface area contributed by atoms with Gasteiger partial charge in [0.2, 0.25) is 0 Å². The molecule has 0 spiro atoms. The lowest BCUT2D eigenvalue weighted by molar-refractivity contribution is 0.276. The molecule has 5 heterocycles. The maximum Gasteiger partial charge on any atom is 0.0695 e. The number of pyridine rings is 2. The normalized spacial score (nSPS) is 27.4. The highest BCUT2D eigenvalue weighted by Crippen LogP contribution is 2.74. The van der Waals surface area contributed by atoms with Crippen LogP contribution in [-0.4, -0.2) is 40.9 Å². The summed E-state index contributed by atoms with van der Waals surface area (Å²) in [5, 5.41) is 2.37. The van der Waals surface area contributed by atoms with Gasteiger partial charge in [-0.15, -0.1) is 0 Å². The summed E-state index contributed by atoms with van der Waals surface area (Å²) in [7, 11) is -1.28. The van der Waals surface area contributed by atoms with E-state index in [1.54, 1.807) is 16.7 Å². The minimum atomic E-state index is -0.697. The van der Waals surface area contributed by atoms with Crippen molar-refractivity contribution in [3.05, 3.63) is 120 Å². The van der Waals surface area contributed by atoms with E-state index in [0.717, 1.165) is 12.1 Å². The molecule has 2 aromatic heterocycles. The average molecular weight is 865 g/mol. The van der Waals surface area contributed by atoms with Crippen molar-refractivity contribution in [3.63, 3.8) is 0 Å². The minimum Gasteiger partial charge on any atom is -0.256 e. The highest BCUT2D eigenvalue weighted by atomic mass is 31.1. The Balaban J connectivity index is 1.11. The Labute approximate surface area is 365 Å². The van der Waals surface area contributed by atoms with Crippen molar-refractivity contribution < 1.29 is 0 Å². The molecule has 0 radical (unpaired) electrons. The summed E-state index contributed by atoms with van der Waals surface area (Å²) in [4.78, 5) is 9.75. The highest BCUT2D eigenvalue weighted by Gasteiger charge is 2.52. The molecule has 2 unspecified atom stereocenters. The van der Waals surface area contributed by atoms with Crippen molar-refractivity contribution in [1.29, 1.82) is 0 Å². The zero-order chi connectivity index (χ0) is 42.3. The summed E-state index contributed by atoms with van der Waals surface area (Å²) in [5.74, 6) is 0.779. The van der Waals surface area contributed by atoms with E-state index in [9.17, 15) is 0 Å². The van der Waals surface area contributed by atoms with E-state index in [1.165, 1.54) is 92.7 Å². The standard InChI is InChI=1S/C53H76N2P4/c1-48(2)28-20-29-49(3,4)57(48)38-44-24-14-15-25-45(44)40-59-50(5,6)30-21-31-53(59,11)36-41-34-51(7,8)58(52(9,10)35-41)39-43-23-13-12-22-42(43)37-56(46-26-16-18-32-54-46)47-27-17-19-33-55-47/h12-19,22-27,32-33,41H,20-21,28-31,34-40H2,1-11H3. The van der Waals surface area contributed by atoms with Crippen LogP contribution in [0.5, 0.6) is 0 Å². The number of benzene rings is 2. The fourth-order valence-corrected chi connectivity index (χ4v) is 26.9. The fourth-order valence-electron chi connectivity index (χ4n) is 12.4. The third kappa shape index (κ3) is 10.3. The summed E-state index contributed by atoms with van der Waals surface area (Å²) in [6, 6.07) is 31.9. The van der Waals surface area contributed by atoms with Gasteiger partial charge in [0.1, 0.15) is 0 Å². The van der Waals surface area contributed by atoms with Crippen LogP contribution in [-0.2, 0) is 24.6 Å². The molecule has 59 heavy (non-hydrogen) atoms. The lowest BCUT2D eigenvalue weighted by Gasteiger charge is -2.57. The molecule has 0 N–H and O–H groups in total. The molecule has 0 aliphatic carbocycles. The zero-order valence-electron chi connectivity index (χ0n) is 38.7. The van der Waals surface area contributed by atoms with Crippen molar-refractivity contribution >= 4 is 42.6 Å². The van der Waals surface area contributed by atoms with E-state index in [2.05, 4.69) is 149 Å². The molecule has 3 aliphatic rings. The molecule has 7 rings (SSSR count). The smallest absolute Gasteiger partial charge is 0.0695 e. The monoisotopic (exact) mass is 864 g/mol. The second-order valence-corrected chi connectivity index (χ2v) is 34.7. The largest absolute Gasteiger partial charge is 0.256 e. The number of hydrogen-bond acceptors (Lipinski definition) is 2. The van der Waals surface area contributed by atoms with Gasteiger partial charge in [-0.1, -0.05) is 173 Å². The van der Waals surface area contributed by atoms with Crippen LogP contribution < -0.4 is 10.9 Å². The quantitative estimate of drug-likeness (QED) is 0.133. The van der Waals surface area contributed by atoms with Gasteiger partial charge in [-0.2, -0.15) is 0 Å². The Hall–Kier alpha value is -1.54. The predicted octanol–water partition coefficient (Wildman–Crippen LogP) is 15.6. The summed E-state index contributed by atoms with van der Waals surface area (Å²) >= 11 is 0. The maximum absolute atomic E-state index is 4.88. The molecule has 4 aromatic rings. The second kappa shape index (κ2) is 17.9. The van der Waals surface area contributed by atoms with E-state index < -0.39 is 7.92 Å². The second-order valence-electron chi connectivity index (χ2n) is 22.0. The first-order valence-electron chi connectivity index (χ1n) is 22.9. The van der Waals surface area contributed by atoms with E-state index in [0.29, 0.717) is 30.9 Å². The molecule has 3 fully saturated rings. The number of aromatic nitrogens is 2. The van der Waals surface area contributed by atoms with E-state index in [1.807, 2.05) is 24.5 Å². The molecule has 318 valence electrons. The molecular formula is C53H76N2P4. The van der Waals surface area contributed by atoms with E-state index in [4.69, 9.17) is 9.97 Å². The Kier molecular flexibility index (Phi) is 13.8. The molecule has 0 amide bonds. The number of nitrogens with zero attached hydrogens (tertiary/aromatic N) is 2. The van der Waals surface area contributed by atoms with Gasteiger partial charge in [0.25, 0.3) is 0 Å². The van der Waals surface area contributed by atoms with Crippen LogP contribution in [0.3, 0.4) is 0 Å². The predicted molar refractivity (Wildman–Crippen MR) is 267 cm³/mol. The summed E-state index contributed by atoms with van der Waals surface area (Å²) in [6.07, 6.45) is 21.2. The lowest BCUT2D eigenvalue weighted by Crippen LogP contribution is -2.44. The van der Waals surface area contributed by atoms with Gasteiger partial charge in [-0.05, 0) is 147 Å². The number of rotatable bonds is 12. The van der Waals surface area contributed by atoms with Gasteiger partial charge >= 0.3 is 0 Å². The van der Waals surface area contributed by atoms with Crippen LogP contribution in [0, 0.1) is 5.92 Å². The SMILES string of the molecule is CC1(C)CCCC(C)(C)P1Cc1ccccc1CP1C(C)(C)CCCC1(C)CC1CC(C)(C)P(Cc2ccccc2CP(c2ccccn2)c2ccccn2)C(C)(C)C1. The van der Waals surface area contributed by atoms with Crippen LogP contribution in [0.25, 0.3) is 0 Å². The van der Waals surface area contributed by atoms with Gasteiger partial charge in [-0.3, -0.25) is 9.97 Å². The summed E-state index contributed by atoms with van der Waals surface area (Å²) in [5.41, 5.74) is 8.77. The Morgan fingerprint density at radius 1 is 0.475 bits per heavy atom. The lowest BCUT2D eigenvalue weighted by atomic mass is 9.79. The molecule has 0 saturated carbocycles. The van der Waals surface area contributed by atoms with Gasteiger partial charge in [-0.25, -0.2) is 0 Å². The maximum atomic E-state index is 4.88. The molecule has 6 heteroatoms. The molecule has 2 atom stereocenters. The van der Waals surface area contributed by atoms with Gasteiger partial charge in [0.05, 0.1) is 10.9 Å².